The van der Waals surface area contributed by atoms with Gasteiger partial charge in [-0.2, -0.15) is 0 Å². The Morgan fingerprint density at radius 3 is 2.14 bits per heavy atom. The molecule has 0 spiro atoms. The molecule has 1 aliphatic rings. The lowest BCUT2D eigenvalue weighted by Gasteiger charge is -2.29. The van der Waals surface area contributed by atoms with E-state index in [1.807, 2.05) is 0 Å². The molecule has 1 heterocycles. The van der Waals surface area contributed by atoms with Gasteiger partial charge in [-0.25, -0.2) is 22.0 Å². The summed E-state index contributed by atoms with van der Waals surface area (Å²) in [6.07, 6.45) is 8.58. The van der Waals surface area contributed by atoms with Gasteiger partial charge in [0.15, 0.2) is 23.3 Å². The van der Waals surface area contributed by atoms with Crippen molar-refractivity contribution >= 4 is 6.08 Å². The Kier molecular flexibility index (Phi) is 8.80. The summed E-state index contributed by atoms with van der Waals surface area (Å²) in [6.45, 7) is 4.48. The maximum atomic E-state index is 15.0. The Hall–Kier alpha value is -2.99. The third-order valence-corrected chi connectivity index (χ3v) is 7.09. The lowest BCUT2D eigenvalue weighted by molar-refractivity contribution is -0.0218. The molecule has 2 unspecified atom stereocenters. The molecule has 3 aromatic rings. The first kappa shape index (κ1) is 27.1. The Morgan fingerprint density at radius 2 is 1.49 bits per heavy atom. The van der Waals surface area contributed by atoms with Crippen LogP contribution in [0.3, 0.4) is 0 Å². The number of ether oxygens (including phenoxy) is 1. The van der Waals surface area contributed by atoms with E-state index in [0.29, 0.717) is 25.0 Å². The van der Waals surface area contributed by atoms with E-state index in [2.05, 4.69) is 6.92 Å². The molecule has 0 aromatic heterocycles. The monoisotopic (exact) mass is 514 g/mol. The van der Waals surface area contributed by atoms with Crippen LogP contribution in [-0.2, 0) is 11.2 Å². The van der Waals surface area contributed by atoms with Gasteiger partial charge in [0.1, 0.15) is 5.82 Å². The lowest BCUT2D eigenvalue weighted by atomic mass is 9.90. The van der Waals surface area contributed by atoms with Crippen LogP contribution in [0.2, 0.25) is 0 Å². The predicted molar refractivity (Wildman–Crippen MR) is 138 cm³/mol. The third-order valence-electron chi connectivity index (χ3n) is 7.09. The van der Waals surface area contributed by atoms with Gasteiger partial charge in [0, 0.05) is 28.9 Å². The number of hydrogen-bond donors (Lipinski definition) is 0. The normalized spacial score (nSPS) is 18.0. The molecule has 37 heavy (non-hydrogen) atoms. The zero-order chi connectivity index (χ0) is 26.5. The average molecular weight is 515 g/mol. The second kappa shape index (κ2) is 12.0. The van der Waals surface area contributed by atoms with E-state index in [9.17, 15) is 13.2 Å². The van der Waals surface area contributed by atoms with Crippen molar-refractivity contribution in [2.24, 2.45) is 5.92 Å². The van der Waals surface area contributed by atoms with Gasteiger partial charge < -0.3 is 4.74 Å². The van der Waals surface area contributed by atoms with Crippen molar-refractivity contribution in [1.82, 2.24) is 0 Å². The van der Waals surface area contributed by atoms with E-state index >= 15 is 8.78 Å². The van der Waals surface area contributed by atoms with Crippen molar-refractivity contribution in [2.45, 2.75) is 58.5 Å². The minimum Gasteiger partial charge on any atom is -0.378 e. The van der Waals surface area contributed by atoms with Crippen LogP contribution in [-0.4, -0.2) is 12.7 Å². The number of benzene rings is 3. The zero-order valence-corrected chi connectivity index (χ0v) is 21.1. The van der Waals surface area contributed by atoms with Gasteiger partial charge in [-0.15, -0.1) is 0 Å². The van der Waals surface area contributed by atoms with Gasteiger partial charge in [0.2, 0.25) is 0 Å². The number of hydrogen-bond acceptors (Lipinski definition) is 1. The SMILES string of the molecule is C/C=C/c1ccc(-c2ccc(-c3ccc(CCC4CCC(CCC)OC4)c(F)c3F)c(F)c2F)cc1F. The van der Waals surface area contributed by atoms with Gasteiger partial charge in [0.25, 0.3) is 0 Å². The van der Waals surface area contributed by atoms with Gasteiger partial charge >= 0.3 is 0 Å². The summed E-state index contributed by atoms with van der Waals surface area (Å²) in [7, 11) is 0. The van der Waals surface area contributed by atoms with Crippen LogP contribution >= 0.6 is 0 Å². The van der Waals surface area contributed by atoms with Crippen LogP contribution in [0.1, 0.15) is 57.1 Å². The van der Waals surface area contributed by atoms with Crippen molar-refractivity contribution < 1.29 is 26.7 Å². The number of allylic oxidation sites excluding steroid dienone is 1. The fourth-order valence-corrected chi connectivity index (χ4v) is 4.98. The molecule has 0 amide bonds. The minimum absolute atomic E-state index is 0.142. The van der Waals surface area contributed by atoms with Crippen molar-refractivity contribution in [1.29, 1.82) is 0 Å². The quantitative estimate of drug-likeness (QED) is 0.272. The fourth-order valence-electron chi connectivity index (χ4n) is 4.98. The molecule has 4 rings (SSSR count). The summed E-state index contributed by atoms with van der Waals surface area (Å²) in [5, 5.41) is 0. The molecule has 2 atom stereocenters. The molecular formula is C31H31F5O. The number of halogens is 5. The fraction of sp³-hybridized carbons (Fsp3) is 0.355. The summed E-state index contributed by atoms with van der Waals surface area (Å²) >= 11 is 0. The van der Waals surface area contributed by atoms with Crippen LogP contribution in [0.15, 0.2) is 48.5 Å². The highest BCUT2D eigenvalue weighted by atomic mass is 19.2. The molecule has 1 nitrogen and oxygen atoms in total. The maximum absolute atomic E-state index is 15.0. The molecule has 0 radical (unpaired) electrons. The Labute approximate surface area is 215 Å². The highest BCUT2D eigenvalue weighted by Crippen LogP contribution is 2.35. The minimum atomic E-state index is -1.32. The first-order chi connectivity index (χ1) is 17.8. The summed E-state index contributed by atoms with van der Waals surface area (Å²) in [6, 6.07) is 9.21. The Balaban J connectivity index is 1.52. The number of aryl methyl sites for hydroxylation is 1. The van der Waals surface area contributed by atoms with E-state index in [0.717, 1.165) is 31.7 Å². The molecule has 0 bridgehead atoms. The molecule has 1 saturated heterocycles. The Bertz CT molecular complexity index is 1280. The van der Waals surface area contributed by atoms with Crippen molar-refractivity contribution in [3.63, 3.8) is 0 Å². The summed E-state index contributed by atoms with van der Waals surface area (Å²) < 4.78 is 80.1. The molecule has 196 valence electrons. The first-order valence-electron chi connectivity index (χ1n) is 12.8. The molecule has 0 saturated carbocycles. The molecule has 1 fully saturated rings. The molecule has 0 aliphatic carbocycles. The summed E-state index contributed by atoms with van der Waals surface area (Å²) in [4.78, 5) is 0. The van der Waals surface area contributed by atoms with Gasteiger partial charge in [-0.3, -0.25) is 0 Å². The van der Waals surface area contributed by atoms with Crippen LogP contribution in [0.25, 0.3) is 28.3 Å². The molecule has 0 N–H and O–H groups in total. The topological polar surface area (TPSA) is 9.23 Å². The van der Waals surface area contributed by atoms with E-state index in [1.54, 1.807) is 19.1 Å². The van der Waals surface area contributed by atoms with Crippen molar-refractivity contribution in [2.75, 3.05) is 6.61 Å². The maximum Gasteiger partial charge on any atom is 0.167 e. The highest BCUT2D eigenvalue weighted by Gasteiger charge is 2.24. The predicted octanol–water partition coefficient (Wildman–Crippen LogP) is 9.28. The average Bonchev–Trinajstić information content (AvgIpc) is 2.89. The molecular weight excluding hydrogens is 483 g/mol. The summed E-state index contributed by atoms with van der Waals surface area (Å²) in [5.74, 6) is -5.13. The van der Waals surface area contributed by atoms with Crippen molar-refractivity contribution in [3.8, 4) is 22.3 Å². The Morgan fingerprint density at radius 1 is 0.811 bits per heavy atom. The molecule has 3 aromatic carbocycles. The van der Waals surface area contributed by atoms with E-state index in [4.69, 9.17) is 4.74 Å². The second-order valence-corrected chi connectivity index (χ2v) is 9.65. The van der Waals surface area contributed by atoms with E-state index in [1.165, 1.54) is 36.4 Å². The van der Waals surface area contributed by atoms with E-state index in [-0.39, 0.29) is 34.3 Å². The number of rotatable bonds is 8. The highest BCUT2D eigenvalue weighted by molar-refractivity contribution is 5.73. The smallest absolute Gasteiger partial charge is 0.167 e. The first-order valence-corrected chi connectivity index (χ1v) is 12.8. The zero-order valence-electron chi connectivity index (χ0n) is 21.1. The van der Waals surface area contributed by atoms with Gasteiger partial charge in [-0.1, -0.05) is 61.9 Å². The van der Waals surface area contributed by atoms with Crippen LogP contribution in [0.4, 0.5) is 22.0 Å². The lowest BCUT2D eigenvalue weighted by Crippen LogP contribution is -2.26. The second-order valence-electron chi connectivity index (χ2n) is 9.65. The molecule has 1 aliphatic heterocycles. The standard InChI is InChI=1S/C31H31F5O/c1-3-5-20-10-11-22(17-27(20)32)24-15-16-26(31(36)29(24)34)25-14-12-21(28(33)30(25)35)9-7-19-8-13-23(6-4-2)37-18-19/h3,5,10-12,14-17,19,23H,4,6-9,13,18H2,1-2H3/b5-3+. The summed E-state index contributed by atoms with van der Waals surface area (Å²) in [5.41, 5.74) is -0.256. The molecule has 6 heteroatoms. The van der Waals surface area contributed by atoms with Crippen molar-refractivity contribution in [3.05, 3.63) is 88.8 Å². The van der Waals surface area contributed by atoms with Gasteiger partial charge in [0.05, 0.1) is 6.10 Å². The van der Waals surface area contributed by atoms with Crippen LogP contribution in [0.5, 0.6) is 0 Å². The van der Waals surface area contributed by atoms with Gasteiger partial charge in [-0.05, 0) is 62.1 Å². The third kappa shape index (κ3) is 5.96. The van der Waals surface area contributed by atoms with Crippen LogP contribution in [0, 0.1) is 35.0 Å². The van der Waals surface area contributed by atoms with Crippen LogP contribution < -0.4 is 0 Å². The largest absolute Gasteiger partial charge is 0.378 e. The van der Waals surface area contributed by atoms with E-state index < -0.39 is 34.6 Å².